The molecule has 6 rings (SSSR count). The highest BCUT2D eigenvalue weighted by Gasteiger charge is 2.33. The molecule has 0 saturated heterocycles. The van der Waals surface area contributed by atoms with Crippen molar-refractivity contribution >= 4 is 56.7 Å². The van der Waals surface area contributed by atoms with Gasteiger partial charge in [0.05, 0.1) is 5.56 Å². The molecule has 0 unspecified atom stereocenters. The number of benzene rings is 3. The van der Waals surface area contributed by atoms with E-state index in [1.807, 2.05) is 48.7 Å². The molecule has 214 valence electrons. The average molecular weight is 594 g/mol. The Hall–Kier alpha value is -3.67. The third-order valence-corrected chi connectivity index (χ3v) is 9.99. The van der Waals surface area contributed by atoms with Crippen LogP contribution >= 0.6 is 22.9 Å². The number of carbonyl (C=O) groups is 1. The van der Waals surface area contributed by atoms with E-state index < -0.39 is 0 Å². The molecule has 1 aliphatic carbocycles. The normalized spacial score (nSPS) is 15.3. The Bertz CT molecular complexity index is 1770. The van der Waals surface area contributed by atoms with Crippen molar-refractivity contribution in [2.45, 2.75) is 53.5 Å². The summed E-state index contributed by atoms with van der Waals surface area (Å²) in [5.41, 5.74) is 7.47. The summed E-state index contributed by atoms with van der Waals surface area (Å²) in [5.74, 6) is 0.501. The summed E-state index contributed by atoms with van der Waals surface area (Å²) in [6.07, 6.45) is 4.94. The fourth-order valence-corrected chi connectivity index (χ4v) is 7.47. The van der Waals surface area contributed by atoms with E-state index >= 15 is 0 Å². The molecule has 0 saturated carbocycles. The van der Waals surface area contributed by atoms with E-state index in [4.69, 9.17) is 16.6 Å². The van der Waals surface area contributed by atoms with Gasteiger partial charge in [0.2, 0.25) is 0 Å². The molecule has 6 heteroatoms. The Morgan fingerprint density at radius 1 is 1.05 bits per heavy atom. The van der Waals surface area contributed by atoms with Crippen molar-refractivity contribution in [3.63, 3.8) is 0 Å². The van der Waals surface area contributed by atoms with Crippen LogP contribution < -0.4 is 5.32 Å². The zero-order chi connectivity index (χ0) is 29.4. The van der Waals surface area contributed by atoms with Gasteiger partial charge in [-0.25, -0.2) is 4.99 Å². The molecule has 0 spiro atoms. The summed E-state index contributed by atoms with van der Waals surface area (Å²) in [5, 5.41) is 5.81. The molecule has 1 aliphatic rings. The van der Waals surface area contributed by atoms with Crippen LogP contribution in [0.2, 0.25) is 5.02 Å². The van der Waals surface area contributed by atoms with Gasteiger partial charge in [-0.3, -0.25) is 4.79 Å². The van der Waals surface area contributed by atoms with Crippen molar-refractivity contribution in [2.75, 3.05) is 5.32 Å². The summed E-state index contributed by atoms with van der Waals surface area (Å²) >= 11 is 7.82. The number of amides is 1. The van der Waals surface area contributed by atoms with E-state index in [1.54, 1.807) is 11.3 Å². The molecule has 1 N–H and O–H groups in total. The number of anilines is 1. The third kappa shape index (κ3) is 5.68. The van der Waals surface area contributed by atoms with E-state index in [9.17, 15) is 4.79 Å². The van der Waals surface area contributed by atoms with Crippen LogP contribution in [0.4, 0.5) is 10.7 Å². The number of aliphatic imine (C=N–C) groups is 1. The van der Waals surface area contributed by atoms with Gasteiger partial charge in [0.25, 0.3) is 5.91 Å². The Morgan fingerprint density at radius 2 is 1.76 bits per heavy atom. The van der Waals surface area contributed by atoms with Crippen LogP contribution in [0, 0.1) is 18.3 Å². The summed E-state index contributed by atoms with van der Waals surface area (Å²) < 4.78 is 2.33. The first-order chi connectivity index (χ1) is 20.2. The van der Waals surface area contributed by atoms with E-state index in [0.29, 0.717) is 5.92 Å². The van der Waals surface area contributed by atoms with Crippen molar-refractivity contribution in [2.24, 2.45) is 16.3 Å². The lowest BCUT2D eigenvalue weighted by atomic mass is 9.72. The second kappa shape index (κ2) is 11.5. The quantitative estimate of drug-likeness (QED) is 0.196. The molecular weight excluding hydrogens is 558 g/mol. The minimum atomic E-state index is -0.0815. The molecular formula is C36H36ClN3OS. The smallest absolute Gasteiger partial charge is 0.259 e. The molecule has 2 heterocycles. The van der Waals surface area contributed by atoms with Gasteiger partial charge in [-0.15, -0.1) is 11.3 Å². The number of aromatic nitrogens is 1. The molecule has 1 atom stereocenters. The zero-order valence-corrected chi connectivity index (χ0v) is 26.1. The van der Waals surface area contributed by atoms with E-state index in [2.05, 4.69) is 74.0 Å². The van der Waals surface area contributed by atoms with Crippen LogP contribution in [0.1, 0.15) is 64.8 Å². The van der Waals surface area contributed by atoms with Crippen LogP contribution in [-0.4, -0.2) is 16.7 Å². The Balaban J connectivity index is 1.40. The summed E-state index contributed by atoms with van der Waals surface area (Å²) in [6.45, 7) is 9.85. The SMILES string of the molecule is Cc1c(C=Nc2sc3c(c2C(=O)Nc2ccccc2)CC[C@@H](C(C)(C)C)C3)c2ccccc2n1Cc1ccc(Cl)cc1. The van der Waals surface area contributed by atoms with Gasteiger partial charge in [0, 0.05) is 50.5 Å². The number of fused-ring (bicyclic) bond motifs is 2. The largest absolute Gasteiger partial charge is 0.340 e. The minimum Gasteiger partial charge on any atom is -0.340 e. The standard InChI is InChI=1S/C36H36ClN3OS/c1-23-30(28-12-8-9-13-31(28)40(23)22-24-14-17-26(37)18-15-24)21-38-35-33(34(41)39-27-10-6-5-7-11-27)29-19-16-25(36(2,3)4)20-32(29)42-35/h5-15,17-18,21,25H,16,19-20,22H2,1-4H3,(H,39,41)/t25-/m1/s1. The number of nitrogens with one attached hydrogen (secondary N) is 1. The highest BCUT2D eigenvalue weighted by atomic mass is 35.5. The van der Waals surface area contributed by atoms with Crippen molar-refractivity contribution in [3.8, 4) is 0 Å². The van der Waals surface area contributed by atoms with Crippen molar-refractivity contribution in [3.05, 3.63) is 117 Å². The second-order valence-corrected chi connectivity index (χ2v) is 13.8. The van der Waals surface area contributed by atoms with Gasteiger partial charge < -0.3 is 9.88 Å². The van der Waals surface area contributed by atoms with E-state index in [1.165, 1.54) is 16.0 Å². The fraction of sp³-hybridized carbons (Fsp3) is 0.278. The zero-order valence-electron chi connectivity index (χ0n) is 24.6. The van der Waals surface area contributed by atoms with Gasteiger partial charge >= 0.3 is 0 Å². The van der Waals surface area contributed by atoms with Crippen molar-refractivity contribution in [1.29, 1.82) is 0 Å². The molecule has 0 bridgehead atoms. The maximum absolute atomic E-state index is 13.8. The van der Waals surface area contributed by atoms with Crippen LogP contribution in [0.15, 0.2) is 83.9 Å². The fourth-order valence-electron chi connectivity index (χ4n) is 6.07. The minimum absolute atomic E-state index is 0.0815. The molecule has 5 aromatic rings. The molecule has 0 fully saturated rings. The Labute approximate surface area is 257 Å². The van der Waals surface area contributed by atoms with E-state index in [0.717, 1.165) is 69.2 Å². The van der Waals surface area contributed by atoms with Gasteiger partial charge in [-0.1, -0.05) is 80.9 Å². The molecule has 0 radical (unpaired) electrons. The van der Waals surface area contributed by atoms with Crippen LogP contribution in [0.25, 0.3) is 10.9 Å². The van der Waals surface area contributed by atoms with Gasteiger partial charge in [0.1, 0.15) is 5.00 Å². The summed E-state index contributed by atoms with van der Waals surface area (Å²) in [4.78, 5) is 20.2. The van der Waals surface area contributed by atoms with Crippen LogP contribution in [0.3, 0.4) is 0 Å². The molecule has 1 amide bonds. The third-order valence-electron chi connectivity index (χ3n) is 8.57. The lowest BCUT2D eigenvalue weighted by Gasteiger charge is -2.33. The highest BCUT2D eigenvalue weighted by molar-refractivity contribution is 7.16. The second-order valence-electron chi connectivity index (χ2n) is 12.3. The Morgan fingerprint density at radius 3 is 2.50 bits per heavy atom. The highest BCUT2D eigenvalue weighted by Crippen LogP contribution is 2.45. The predicted molar refractivity (Wildman–Crippen MR) is 178 cm³/mol. The maximum Gasteiger partial charge on any atom is 0.259 e. The van der Waals surface area contributed by atoms with Gasteiger partial charge in [-0.05, 0) is 79.0 Å². The van der Waals surface area contributed by atoms with Crippen molar-refractivity contribution in [1.82, 2.24) is 4.57 Å². The van der Waals surface area contributed by atoms with Gasteiger partial charge in [0.15, 0.2) is 0 Å². The molecule has 42 heavy (non-hydrogen) atoms. The molecule has 0 aliphatic heterocycles. The maximum atomic E-state index is 13.8. The first kappa shape index (κ1) is 28.4. The van der Waals surface area contributed by atoms with Crippen LogP contribution in [0.5, 0.6) is 0 Å². The molecule has 2 aromatic heterocycles. The summed E-state index contributed by atoms with van der Waals surface area (Å²) in [6, 6.07) is 26.2. The number of halogens is 1. The van der Waals surface area contributed by atoms with E-state index in [-0.39, 0.29) is 11.3 Å². The number of hydrogen-bond donors (Lipinski definition) is 1. The number of carbonyl (C=O) groups excluding carboxylic acids is 1. The number of hydrogen-bond acceptors (Lipinski definition) is 3. The first-order valence-electron chi connectivity index (χ1n) is 14.6. The van der Waals surface area contributed by atoms with Crippen LogP contribution in [-0.2, 0) is 19.4 Å². The molecule has 4 nitrogen and oxygen atoms in total. The van der Waals surface area contributed by atoms with Gasteiger partial charge in [-0.2, -0.15) is 0 Å². The number of thiophene rings is 1. The number of rotatable bonds is 6. The topological polar surface area (TPSA) is 46.4 Å². The predicted octanol–water partition coefficient (Wildman–Crippen LogP) is 9.87. The Kier molecular flexibility index (Phi) is 7.82. The monoisotopic (exact) mass is 593 g/mol. The lowest BCUT2D eigenvalue weighted by molar-refractivity contribution is 0.102. The molecule has 3 aromatic carbocycles. The first-order valence-corrected chi connectivity index (χ1v) is 15.8. The number of nitrogens with zero attached hydrogens (tertiary/aromatic N) is 2. The lowest BCUT2D eigenvalue weighted by Crippen LogP contribution is -2.27. The van der Waals surface area contributed by atoms with Crippen molar-refractivity contribution < 1.29 is 4.79 Å². The average Bonchev–Trinajstić information content (AvgIpc) is 3.47. The summed E-state index contributed by atoms with van der Waals surface area (Å²) in [7, 11) is 0. The number of para-hydroxylation sites is 2.